The van der Waals surface area contributed by atoms with Crippen LogP contribution in [-0.4, -0.2) is 18.4 Å². The molecule has 1 heterocycles. The third-order valence-electron chi connectivity index (χ3n) is 3.12. The first-order valence-corrected chi connectivity index (χ1v) is 7.11. The average Bonchev–Trinajstić information content (AvgIpc) is 2.66. The fraction of sp³-hybridized carbons (Fsp3) is 0.222. The number of fused-ring (bicyclic) bond motifs is 2. The topological polar surface area (TPSA) is 52.6 Å². The monoisotopic (exact) mass is 298 g/mol. The van der Waals surface area contributed by atoms with Gasteiger partial charge in [-0.05, 0) is 19.1 Å². The van der Waals surface area contributed by atoms with Crippen molar-refractivity contribution in [2.75, 3.05) is 6.61 Å². The number of hydrogen-bond donors (Lipinski definition) is 0. The van der Waals surface area contributed by atoms with Crippen molar-refractivity contribution in [1.29, 1.82) is 0 Å². The van der Waals surface area contributed by atoms with Crippen LogP contribution in [0.3, 0.4) is 0 Å². The number of carbonyl (C=O) groups is 2. The second kappa shape index (κ2) is 7.41. The van der Waals surface area contributed by atoms with Gasteiger partial charge in [-0.1, -0.05) is 36.4 Å². The number of esters is 1. The molecule has 2 aromatic carbocycles. The Labute approximate surface area is 129 Å². The Morgan fingerprint density at radius 3 is 2.36 bits per heavy atom. The van der Waals surface area contributed by atoms with Crippen LogP contribution in [0, 0.1) is 0 Å². The Morgan fingerprint density at radius 2 is 1.73 bits per heavy atom. The summed E-state index contributed by atoms with van der Waals surface area (Å²) >= 11 is 0. The van der Waals surface area contributed by atoms with Gasteiger partial charge in [0, 0.05) is 18.1 Å². The van der Waals surface area contributed by atoms with Gasteiger partial charge in [0.05, 0.1) is 12.2 Å². The van der Waals surface area contributed by atoms with Gasteiger partial charge in [-0.3, -0.25) is 9.59 Å². The molecule has 0 N–H and O–H groups in total. The number of ketones is 1. The smallest absolute Gasteiger partial charge is 0.302 e. The molecule has 4 heteroatoms. The van der Waals surface area contributed by atoms with Gasteiger partial charge in [-0.2, -0.15) is 0 Å². The molecule has 0 amide bonds. The van der Waals surface area contributed by atoms with Crippen LogP contribution in [0.15, 0.2) is 48.5 Å². The van der Waals surface area contributed by atoms with E-state index in [0.29, 0.717) is 24.5 Å². The van der Waals surface area contributed by atoms with E-state index < -0.39 is 0 Å². The maximum Gasteiger partial charge on any atom is 0.302 e. The Hall–Kier alpha value is -2.62. The van der Waals surface area contributed by atoms with E-state index in [1.54, 1.807) is 13.0 Å². The van der Waals surface area contributed by atoms with Crippen molar-refractivity contribution in [3.05, 3.63) is 65.2 Å². The number of benzene rings is 2. The zero-order valence-corrected chi connectivity index (χ0v) is 12.7. The van der Waals surface area contributed by atoms with Gasteiger partial charge in [0.2, 0.25) is 0 Å². The lowest BCUT2D eigenvalue weighted by atomic mass is 9.99. The highest BCUT2D eigenvalue weighted by molar-refractivity contribution is 6.11. The highest BCUT2D eigenvalue weighted by Crippen LogP contribution is 2.27. The highest BCUT2D eigenvalue weighted by atomic mass is 16.5. The third kappa shape index (κ3) is 3.73. The molecule has 1 aliphatic heterocycles. The zero-order chi connectivity index (χ0) is 15.9. The second-order valence-electron chi connectivity index (χ2n) is 4.70. The third-order valence-corrected chi connectivity index (χ3v) is 3.12. The Kier molecular flexibility index (Phi) is 5.31. The quantitative estimate of drug-likeness (QED) is 0.757. The zero-order valence-electron chi connectivity index (χ0n) is 12.7. The van der Waals surface area contributed by atoms with Crippen molar-refractivity contribution in [3.63, 3.8) is 0 Å². The van der Waals surface area contributed by atoms with Crippen LogP contribution in [0.1, 0.15) is 35.3 Å². The standard InChI is InChI=1S/C14H10O2.C4H8O2/c15-14-11-6-2-1-5-10(11)9-16-13-8-4-3-7-12(13)14;1-3-6-4(2)5/h1-8H,9H2;3H2,1-2H3. The van der Waals surface area contributed by atoms with Gasteiger partial charge in [0.1, 0.15) is 12.4 Å². The van der Waals surface area contributed by atoms with Crippen molar-refractivity contribution in [2.24, 2.45) is 0 Å². The van der Waals surface area contributed by atoms with E-state index in [1.807, 2.05) is 42.5 Å². The summed E-state index contributed by atoms with van der Waals surface area (Å²) in [5, 5.41) is 0. The first-order chi connectivity index (χ1) is 10.6. The molecule has 0 aliphatic carbocycles. The summed E-state index contributed by atoms with van der Waals surface area (Å²) in [5.41, 5.74) is 2.34. The second-order valence-corrected chi connectivity index (χ2v) is 4.70. The lowest BCUT2D eigenvalue weighted by molar-refractivity contribution is -0.140. The number of ether oxygens (including phenoxy) is 2. The van der Waals surface area contributed by atoms with Crippen LogP contribution < -0.4 is 4.74 Å². The predicted octanol–water partition coefficient (Wildman–Crippen LogP) is 3.38. The molecule has 0 spiro atoms. The lowest BCUT2D eigenvalue weighted by Gasteiger charge is -2.04. The van der Waals surface area contributed by atoms with Crippen molar-refractivity contribution in [2.45, 2.75) is 20.5 Å². The van der Waals surface area contributed by atoms with Crippen LogP contribution in [0.2, 0.25) is 0 Å². The lowest BCUT2D eigenvalue weighted by Crippen LogP contribution is -2.01. The van der Waals surface area contributed by atoms with Crippen LogP contribution in [0.5, 0.6) is 5.75 Å². The number of carbonyl (C=O) groups excluding carboxylic acids is 2. The van der Waals surface area contributed by atoms with Gasteiger partial charge < -0.3 is 9.47 Å². The summed E-state index contributed by atoms with van der Waals surface area (Å²) in [6.45, 7) is 4.11. The predicted molar refractivity (Wildman–Crippen MR) is 83.0 cm³/mol. The normalized spacial score (nSPS) is 11.8. The molecule has 3 rings (SSSR count). The first kappa shape index (κ1) is 15.8. The molecule has 0 fully saturated rings. The average molecular weight is 298 g/mol. The Bertz CT molecular complexity index is 627. The summed E-state index contributed by atoms with van der Waals surface area (Å²) in [6.07, 6.45) is 0. The SMILES string of the molecule is CCOC(C)=O.O=C1c2ccccc2COc2ccccc21. The van der Waals surface area contributed by atoms with Crippen molar-refractivity contribution < 1.29 is 19.1 Å². The molecule has 0 radical (unpaired) electrons. The van der Waals surface area contributed by atoms with E-state index in [4.69, 9.17) is 4.74 Å². The minimum absolute atomic E-state index is 0.0451. The number of para-hydroxylation sites is 1. The fourth-order valence-corrected chi connectivity index (χ4v) is 2.15. The van der Waals surface area contributed by atoms with Crippen molar-refractivity contribution in [3.8, 4) is 5.75 Å². The van der Waals surface area contributed by atoms with Crippen LogP contribution in [-0.2, 0) is 16.1 Å². The van der Waals surface area contributed by atoms with Crippen LogP contribution in [0.4, 0.5) is 0 Å². The molecule has 0 aromatic heterocycles. The minimum atomic E-state index is -0.211. The summed E-state index contributed by atoms with van der Waals surface area (Å²) in [6, 6.07) is 15.0. The molecule has 22 heavy (non-hydrogen) atoms. The van der Waals surface area contributed by atoms with E-state index >= 15 is 0 Å². The molecule has 0 saturated carbocycles. The summed E-state index contributed by atoms with van der Waals surface area (Å²) in [4.78, 5) is 22.1. The maximum atomic E-state index is 12.2. The Morgan fingerprint density at radius 1 is 1.09 bits per heavy atom. The molecular weight excluding hydrogens is 280 g/mol. The molecule has 0 unspecified atom stereocenters. The Balaban J connectivity index is 0.000000254. The number of hydrogen-bond acceptors (Lipinski definition) is 4. The fourth-order valence-electron chi connectivity index (χ4n) is 2.15. The number of rotatable bonds is 1. The van der Waals surface area contributed by atoms with E-state index in [9.17, 15) is 9.59 Å². The summed E-state index contributed by atoms with van der Waals surface area (Å²) in [5.74, 6) is 0.505. The molecule has 1 aliphatic rings. The van der Waals surface area contributed by atoms with Gasteiger partial charge in [-0.15, -0.1) is 0 Å². The van der Waals surface area contributed by atoms with E-state index in [2.05, 4.69) is 4.74 Å². The largest absolute Gasteiger partial charge is 0.488 e. The van der Waals surface area contributed by atoms with E-state index in [1.165, 1.54) is 6.92 Å². The molecule has 0 saturated heterocycles. The molecule has 0 atom stereocenters. The van der Waals surface area contributed by atoms with Crippen molar-refractivity contribution >= 4 is 11.8 Å². The van der Waals surface area contributed by atoms with Gasteiger partial charge in [-0.25, -0.2) is 0 Å². The molecule has 4 nitrogen and oxygen atoms in total. The first-order valence-electron chi connectivity index (χ1n) is 7.11. The van der Waals surface area contributed by atoms with Gasteiger partial charge >= 0.3 is 5.97 Å². The summed E-state index contributed by atoms with van der Waals surface area (Å²) in [7, 11) is 0. The van der Waals surface area contributed by atoms with E-state index in [0.717, 1.165) is 11.1 Å². The van der Waals surface area contributed by atoms with E-state index in [-0.39, 0.29) is 11.8 Å². The molecular formula is C18H18O4. The van der Waals surface area contributed by atoms with Gasteiger partial charge in [0.15, 0.2) is 5.78 Å². The summed E-state index contributed by atoms with van der Waals surface area (Å²) < 4.78 is 10.0. The highest BCUT2D eigenvalue weighted by Gasteiger charge is 2.20. The minimum Gasteiger partial charge on any atom is -0.488 e. The van der Waals surface area contributed by atoms with Crippen LogP contribution >= 0.6 is 0 Å². The van der Waals surface area contributed by atoms with Gasteiger partial charge in [0.25, 0.3) is 0 Å². The molecule has 114 valence electrons. The van der Waals surface area contributed by atoms with Crippen molar-refractivity contribution in [1.82, 2.24) is 0 Å². The van der Waals surface area contributed by atoms with Crippen LogP contribution in [0.25, 0.3) is 0 Å². The molecule has 0 bridgehead atoms. The maximum absolute atomic E-state index is 12.2. The molecule has 2 aromatic rings.